The summed E-state index contributed by atoms with van der Waals surface area (Å²) in [6, 6.07) is 9.60. The van der Waals surface area contributed by atoms with Crippen LogP contribution in [0.1, 0.15) is 5.56 Å². The Morgan fingerprint density at radius 2 is 2.26 bits per heavy atom. The molecule has 0 N–H and O–H groups in total. The quantitative estimate of drug-likeness (QED) is 0.716. The summed E-state index contributed by atoms with van der Waals surface area (Å²) in [5.74, 6) is 0.854. The fourth-order valence-electron chi connectivity index (χ4n) is 1.83. The third-order valence-corrected chi connectivity index (χ3v) is 3.64. The fourth-order valence-corrected chi connectivity index (χ4v) is 2.69. The van der Waals surface area contributed by atoms with Crippen LogP contribution in [-0.4, -0.2) is 14.5 Å². The smallest absolute Gasteiger partial charge is 0.168 e. The van der Waals surface area contributed by atoms with Crippen LogP contribution in [0.3, 0.4) is 0 Å². The molecule has 19 heavy (non-hydrogen) atoms. The van der Waals surface area contributed by atoms with Gasteiger partial charge in [-0.05, 0) is 12.1 Å². The number of hydrogen-bond donors (Lipinski definition) is 0. The molecule has 0 bridgehead atoms. The molecule has 3 rings (SSSR count). The summed E-state index contributed by atoms with van der Waals surface area (Å²) in [6.07, 6.45) is 3.65. The van der Waals surface area contributed by atoms with Crippen molar-refractivity contribution in [3.05, 3.63) is 47.6 Å². The van der Waals surface area contributed by atoms with Crippen molar-refractivity contribution >= 4 is 11.3 Å². The lowest BCUT2D eigenvalue weighted by Gasteiger charge is -1.97. The highest BCUT2D eigenvalue weighted by Gasteiger charge is 2.10. The molecule has 0 aliphatic carbocycles. The number of nitriles is 1. The van der Waals surface area contributed by atoms with Crippen molar-refractivity contribution in [2.24, 2.45) is 7.05 Å². The lowest BCUT2D eigenvalue weighted by atomic mass is 10.1. The second-order valence-corrected chi connectivity index (χ2v) is 4.95. The van der Waals surface area contributed by atoms with Crippen molar-refractivity contribution in [2.45, 2.75) is 0 Å². The van der Waals surface area contributed by atoms with Gasteiger partial charge in [0.2, 0.25) is 0 Å². The van der Waals surface area contributed by atoms with Crippen LogP contribution in [0.4, 0.5) is 0 Å². The van der Waals surface area contributed by atoms with Gasteiger partial charge in [-0.3, -0.25) is 0 Å². The molecule has 4 nitrogen and oxygen atoms in total. The van der Waals surface area contributed by atoms with E-state index in [1.165, 1.54) is 0 Å². The first-order chi connectivity index (χ1) is 9.28. The van der Waals surface area contributed by atoms with Crippen LogP contribution < -0.4 is 0 Å². The molecule has 2 heterocycles. The number of rotatable bonds is 2. The van der Waals surface area contributed by atoms with Crippen LogP contribution in [0.15, 0.2) is 42.0 Å². The first-order valence-corrected chi connectivity index (χ1v) is 6.59. The first kappa shape index (κ1) is 11.6. The van der Waals surface area contributed by atoms with E-state index in [4.69, 9.17) is 5.26 Å². The molecule has 0 aliphatic rings. The van der Waals surface area contributed by atoms with Gasteiger partial charge in [0, 0.05) is 30.4 Å². The van der Waals surface area contributed by atoms with Gasteiger partial charge < -0.3 is 4.57 Å². The van der Waals surface area contributed by atoms with E-state index in [1.807, 2.05) is 41.4 Å². The van der Waals surface area contributed by atoms with E-state index in [1.54, 1.807) is 23.6 Å². The molecule has 92 valence electrons. The number of aryl methyl sites for hydroxylation is 1. The average Bonchev–Trinajstić information content (AvgIpc) is 3.07. The zero-order chi connectivity index (χ0) is 13.2. The van der Waals surface area contributed by atoms with Gasteiger partial charge in [-0.1, -0.05) is 12.1 Å². The van der Waals surface area contributed by atoms with Gasteiger partial charge in [0.1, 0.15) is 0 Å². The van der Waals surface area contributed by atoms with Crippen molar-refractivity contribution in [3.63, 3.8) is 0 Å². The maximum absolute atomic E-state index is 8.92. The highest BCUT2D eigenvalue weighted by molar-refractivity contribution is 7.13. The summed E-state index contributed by atoms with van der Waals surface area (Å²) in [5.41, 5.74) is 2.47. The van der Waals surface area contributed by atoms with E-state index in [9.17, 15) is 0 Å². The molecule has 0 saturated heterocycles. The largest absolute Gasteiger partial charge is 0.332 e. The topological polar surface area (TPSA) is 54.5 Å². The summed E-state index contributed by atoms with van der Waals surface area (Å²) >= 11 is 1.55. The zero-order valence-electron chi connectivity index (χ0n) is 10.2. The molecule has 0 aliphatic heterocycles. The first-order valence-electron chi connectivity index (χ1n) is 5.71. The molecule has 3 aromatic rings. The Morgan fingerprint density at radius 1 is 1.37 bits per heavy atom. The highest BCUT2D eigenvalue weighted by atomic mass is 32.1. The van der Waals surface area contributed by atoms with Gasteiger partial charge >= 0.3 is 0 Å². The van der Waals surface area contributed by atoms with E-state index < -0.39 is 0 Å². The minimum absolute atomic E-state index is 0.643. The minimum atomic E-state index is 0.643. The number of aromatic nitrogens is 3. The molecule has 0 fully saturated rings. The van der Waals surface area contributed by atoms with Gasteiger partial charge in [-0.2, -0.15) is 5.26 Å². The Labute approximate surface area is 114 Å². The molecule has 1 aromatic carbocycles. The maximum Gasteiger partial charge on any atom is 0.168 e. The minimum Gasteiger partial charge on any atom is -0.332 e. The molecule has 0 radical (unpaired) electrons. The van der Waals surface area contributed by atoms with E-state index >= 15 is 0 Å². The normalized spacial score (nSPS) is 10.3. The van der Waals surface area contributed by atoms with E-state index in [2.05, 4.69) is 16.0 Å². The van der Waals surface area contributed by atoms with Crippen LogP contribution in [0.25, 0.3) is 22.1 Å². The number of benzene rings is 1. The van der Waals surface area contributed by atoms with Crippen LogP contribution in [-0.2, 0) is 7.05 Å². The molecule has 0 unspecified atom stereocenters. The standard InChI is InChI=1S/C14H10N4S/c1-18-6-5-16-13(18)14-17-12(9-19-14)11-4-2-3-10(7-11)8-15/h2-7,9H,1H3. The zero-order valence-corrected chi connectivity index (χ0v) is 11.1. The van der Waals surface area contributed by atoms with Crippen molar-refractivity contribution < 1.29 is 0 Å². The van der Waals surface area contributed by atoms with Crippen LogP contribution in [0.2, 0.25) is 0 Å². The number of nitrogens with zero attached hydrogens (tertiary/aromatic N) is 4. The summed E-state index contributed by atoms with van der Waals surface area (Å²) < 4.78 is 1.94. The fraction of sp³-hybridized carbons (Fsp3) is 0.0714. The van der Waals surface area contributed by atoms with E-state index in [-0.39, 0.29) is 0 Å². The van der Waals surface area contributed by atoms with Gasteiger partial charge in [0.25, 0.3) is 0 Å². The monoisotopic (exact) mass is 266 g/mol. The van der Waals surface area contributed by atoms with Gasteiger partial charge in [-0.25, -0.2) is 9.97 Å². The van der Waals surface area contributed by atoms with E-state index in [0.717, 1.165) is 22.1 Å². The molecular weight excluding hydrogens is 256 g/mol. The van der Waals surface area contributed by atoms with E-state index in [0.29, 0.717) is 5.56 Å². The van der Waals surface area contributed by atoms with Crippen LogP contribution in [0.5, 0.6) is 0 Å². The molecule has 0 amide bonds. The van der Waals surface area contributed by atoms with Gasteiger partial charge in [0.05, 0.1) is 17.3 Å². The molecule has 0 atom stereocenters. The van der Waals surface area contributed by atoms with Crippen molar-refractivity contribution in [1.29, 1.82) is 5.26 Å². The van der Waals surface area contributed by atoms with Crippen molar-refractivity contribution in [1.82, 2.24) is 14.5 Å². The van der Waals surface area contributed by atoms with Crippen molar-refractivity contribution in [2.75, 3.05) is 0 Å². The summed E-state index contributed by atoms with van der Waals surface area (Å²) in [7, 11) is 1.94. The Kier molecular flexibility index (Phi) is 2.86. The highest BCUT2D eigenvalue weighted by Crippen LogP contribution is 2.27. The number of imidazole rings is 1. The number of thiazole rings is 1. The molecule has 5 heteroatoms. The summed E-state index contributed by atoms with van der Waals surface area (Å²) in [4.78, 5) is 8.87. The van der Waals surface area contributed by atoms with Crippen LogP contribution >= 0.6 is 11.3 Å². The molecular formula is C14H10N4S. The third kappa shape index (κ3) is 2.14. The predicted octanol–water partition coefficient (Wildman–Crippen LogP) is 3.08. The SMILES string of the molecule is Cn1ccnc1-c1nc(-c2cccc(C#N)c2)cs1. The second-order valence-electron chi connectivity index (χ2n) is 4.09. The lowest BCUT2D eigenvalue weighted by Crippen LogP contribution is -1.90. The Balaban J connectivity index is 2.02. The summed E-state index contributed by atoms with van der Waals surface area (Å²) in [6.45, 7) is 0. The lowest BCUT2D eigenvalue weighted by molar-refractivity contribution is 0.923. The maximum atomic E-state index is 8.92. The Bertz CT molecular complexity index is 764. The average molecular weight is 266 g/mol. The Hall–Kier alpha value is -2.45. The van der Waals surface area contributed by atoms with Gasteiger partial charge in [0.15, 0.2) is 10.8 Å². The van der Waals surface area contributed by atoms with Crippen molar-refractivity contribution in [3.8, 4) is 28.2 Å². The molecule has 0 spiro atoms. The third-order valence-electron chi connectivity index (χ3n) is 2.80. The number of hydrogen-bond acceptors (Lipinski definition) is 4. The summed E-state index contributed by atoms with van der Waals surface area (Å²) in [5, 5.41) is 11.8. The molecule has 0 saturated carbocycles. The predicted molar refractivity (Wildman–Crippen MR) is 74.5 cm³/mol. The van der Waals surface area contributed by atoms with Crippen LogP contribution in [0, 0.1) is 11.3 Å². The van der Waals surface area contributed by atoms with Gasteiger partial charge in [-0.15, -0.1) is 11.3 Å². The Morgan fingerprint density at radius 3 is 3.00 bits per heavy atom. The second kappa shape index (κ2) is 4.67. The molecule has 2 aromatic heterocycles.